The highest BCUT2D eigenvalue weighted by molar-refractivity contribution is 4.78. The van der Waals surface area contributed by atoms with Crippen LogP contribution in [0.15, 0.2) is 10.9 Å². The second kappa shape index (κ2) is 4.52. The lowest BCUT2D eigenvalue weighted by molar-refractivity contribution is 0.0558. The Hall–Kier alpha value is -0.940. The predicted molar refractivity (Wildman–Crippen MR) is 49.6 cm³/mol. The van der Waals surface area contributed by atoms with Crippen molar-refractivity contribution in [1.29, 1.82) is 0 Å². The molecule has 5 heteroatoms. The zero-order valence-corrected chi connectivity index (χ0v) is 8.27. The van der Waals surface area contributed by atoms with Crippen LogP contribution in [-0.4, -0.2) is 28.9 Å². The van der Waals surface area contributed by atoms with Crippen molar-refractivity contribution in [2.75, 3.05) is 6.54 Å². The first-order valence-electron chi connectivity index (χ1n) is 4.96. The maximum atomic E-state index is 5.65. The molecule has 0 spiro atoms. The minimum Gasteiger partial charge on any atom is -0.374 e. The first kappa shape index (κ1) is 9.61. The van der Waals surface area contributed by atoms with Crippen molar-refractivity contribution in [2.45, 2.75) is 38.5 Å². The first-order chi connectivity index (χ1) is 6.84. The number of hydrogen-bond donors (Lipinski definition) is 1. The average molecular weight is 197 g/mol. The monoisotopic (exact) mass is 197 g/mol. The van der Waals surface area contributed by atoms with Gasteiger partial charge in [-0.15, -0.1) is 0 Å². The smallest absolute Gasteiger partial charge is 0.213 e. The van der Waals surface area contributed by atoms with Crippen LogP contribution in [0.4, 0.5) is 0 Å². The number of aromatic nitrogens is 2. The average Bonchev–Trinajstić information content (AvgIpc) is 2.77. The number of hydrogen-bond acceptors (Lipinski definition) is 5. The Morgan fingerprint density at radius 1 is 1.57 bits per heavy atom. The van der Waals surface area contributed by atoms with Gasteiger partial charge in [0.15, 0.2) is 5.82 Å². The molecule has 0 saturated carbocycles. The Morgan fingerprint density at radius 2 is 2.50 bits per heavy atom. The number of nitrogens with zero attached hydrogens (tertiary/aromatic N) is 2. The van der Waals surface area contributed by atoms with E-state index >= 15 is 0 Å². The Kier molecular flexibility index (Phi) is 3.10. The lowest BCUT2D eigenvalue weighted by Gasteiger charge is -2.10. The van der Waals surface area contributed by atoms with E-state index in [9.17, 15) is 0 Å². The molecule has 2 rings (SSSR count). The van der Waals surface area contributed by atoms with Crippen LogP contribution in [0.25, 0.3) is 0 Å². The molecule has 14 heavy (non-hydrogen) atoms. The molecule has 5 nitrogen and oxygen atoms in total. The quantitative estimate of drug-likeness (QED) is 0.771. The molecule has 1 N–H and O–H groups in total. The lowest BCUT2D eigenvalue weighted by Crippen LogP contribution is -2.26. The highest BCUT2D eigenvalue weighted by atomic mass is 16.5. The van der Waals surface area contributed by atoms with E-state index in [1.165, 1.54) is 6.39 Å². The normalized spacial score (nSPS) is 26.9. The van der Waals surface area contributed by atoms with E-state index in [0.717, 1.165) is 19.4 Å². The van der Waals surface area contributed by atoms with E-state index in [1.807, 2.05) is 0 Å². The molecule has 1 saturated heterocycles. The van der Waals surface area contributed by atoms with E-state index < -0.39 is 0 Å². The third kappa shape index (κ3) is 2.52. The maximum absolute atomic E-state index is 5.65. The zero-order valence-electron chi connectivity index (χ0n) is 8.27. The number of ether oxygens (including phenoxy) is 1. The summed E-state index contributed by atoms with van der Waals surface area (Å²) in [5.41, 5.74) is 0. The van der Waals surface area contributed by atoms with Crippen molar-refractivity contribution in [2.24, 2.45) is 0 Å². The van der Waals surface area contributed by atoms with Crippen LogP contribution in [0.5, 0.6) is 0 Å². The van der Waals surface area contributed by atoms with Gasteiger partial charge < -0.3 is 14.6 Å². The second-order valence-electron chi connectivity index (χ2n) is 3.62. The summed E-state index contributed by atoms with van der Waals surface area (Å²) in [6, 6.07) is 0. The van der Waals surface area contributed by atoms with Gasteiger partial charge in [0.1, 0.15) is 0 Å². The number of rotatable bonds is 4. The van der Waals surface area contributed by atoms with Gasteiger partial charge in [-0.3, -0.25) is 0 Å². The molecule has 0 amide bonds. The molecule has 2 heterocycles. The number of nitrogens with one attached hydrogen (secondary N) is 1. The molecule has 1 aromatic heterocycles. The summed E-state index contributed by atoms with van der Waals surface area (Å²) >= 11 is 0. The van der Waals surface area contributed by atoms with Gasteiger partial charge in [-0.05, 0) is 19.8 Å². The summed E-state index contributed by atoms with van der Waals surface area (Å²) in [4.78, 5) is 3.91. The van der Waals surface area contributed by atoms with E-state index in [2.05, 4.69) is 26.9 Å². The van der Waals surface area contributed by atoms with Crippen LogP contribution in [0.1, 0.15) is 25.6 Å². The van der Waals surface area contributed by atoms with Gasteiger partial charge in [0, 0.05) is 6.54 Å². The molecular formula is C9H15N3O2. The van der Waals surface area contributed by atoms with Crippen molar-refractivity contribution in [3.63, 3.8) is 0 Å². The topological polar surface area (TPSA) is 60.2 Å². The van der Waals surface area contributed by atoms with E-state index in [0.29, 0.717) is 24.6 Å². The van der Waals surface area contributed by atoms with Crippen LogP contribution >= 0.6 is 0 Å². The summed E-state index contributed by atoms with van der Waals surface area (Å²) < 4.78 is 10.3. The molecule has 2 atom stereocenters. The summed E-state index contributed by atoms with van der Waals surface area (Å²) in [5.74, 6) is 0.691. The summed E-state index contributed by atoms with van der Waals surface area (Å²) in [7, 11) is 0. The van der Waals surface area contributed by atoms with Gasteiger partial charge in [0.25, 0.3) is 0 Å². The third-order valence-electron chi connectivity index (χ3n) is 2.38. The van der Waals surface area contributed by atoms with Gasteiger partial charge in [0.05, 0.1) is 18.8 Å². The minimum absolute atomic E-state index is 0.344. The van der Waals surface area contributed by atoms with E-state index in [-0.39, 0.29) is 0 Å². The Morgan fingerprint density at radius 3 is 3.14 bits per heavy atom. The Labute approximate surface area is 82.8 Å². The molecule has 2 unspecified atom stereocenters. The summed E-state index contributed by atoms with van der Waals surface area (Å²) in [6.07, 6.45) is 4.39. The van der Waals surface area contributed by atoms with Crippen LogP contribution in [0, 0.1) is 0 Å². The molecule has 1 aliphatic heterocycles. The highest BCUT2D eigenvalue weighted by Crippen LogP contribution is 2.18. The summed E-state index contributed by atoms with van der Waals surface area (Å²) in [6.45, 7) is 3.61. The molecule has 0 aliphatic carbocycles. The van der Waals surface area contributed by atoms with Gasteiger partial charge in [-0.2, -0.15) is 4.98 Å². The molecular weight excluding hydrogens is 182 g/mol. The molecule has 1 fully saturated rings. The van der Waals surface area contributed by atoms with Gasteiger partial charge in [0.2, 0.25) is 6.39 Å². The third-order valence-corrected chi connectivity index (χ3v) is 2.38. The fraction of sp³-hybridized carbons (Fsp3) is 0.778. The Balaban J connectivity index is 1.64. The fourth-order valence-corrected chi connectivity index (χ4v) is 1.65. The van der Waals surface area contributed by atoms with Crippen LogP contribution in [0.3, 0.4) is 0 Å². The standard InChI is InChI=1S/C9H15N3O2/c1-7-2-3-8(14-7)4-10-5-9-11-6-13-12-9/h6-8,10H,2-5H2,1H3. The molecule has 1 aromatic rings. The molecule has 78 valence electrons. The fourth-order valence-electron chi connectivity index (χ4n) is 1.65. The molecule has 0 bridgehead atoms. The van der Waals surface area contributed by atoms with Crippen LogP contribution in [-0.2, 0) is 11.3 Å². The maximum Gasteiger partial charge on any atom is 0.213 e. The largest absolute Gasteiger partial charge is 0.374 e. The molecule has 0 aromatic carbocycles. The van der Waals surface area contributed by atoms with Crippen LogP contribution in [0.2, 0.25) is 0 Å². The van der Waals surface area contributed by atoms with E-state index in [1.54, 1.807) is 0 Å². The van der Waals surface area contributed by atoms with Gasteiger partial charge in [-0.1, -0.05) is 5.16 Å². The van der Waals surface area contributed by atoms with Crippen molar-refractivity contribution in [3.05, 3.63) is 12.2 Å². The lowest BCUT2D eigenvalue weighted by atomic mass is 10.2. The summed E-state index contributed by atoms with van der Waals surface area (Å²) in [5, 5.41) is 6.95. The highest BCUT2D eigenvalue weighted by Gasteiger charge is 2.20. The first-order valence-corrected chi connectivity index (χ1v) is 4.96. The van der Waals surface area contributed by atoms with Crippen molar-refractivity contribution in [1.82, 2.24) is 15.5 Å². The SMILES string of the molecule is CC1CCC(CNCc2ncon2)O1. The second-order valence-corrected chi connectivity index (χ2v) is 3.62. The van der Waals surface area contributed by atoms with Gasteiger partial charge >= 0.3 is 0 Å². The van der Waals surface area contributed by atoms with Crippen molar-refractivity contribution < 1.29 is 9.26 Å². The van der Waals surface area contributed by atoms with Crippen molar-refractivity contribution in [3.8, 4) is 0 Å². The Bertz CT molecular complexity index is 263. The molecule has 1 aliphatic rings. The zero-order chi connectivity index (χ0) is 9.80. The van der Waals surface area contributed by atoms with Crippen molar-refractivity contribution >= 4 is 0 Å². The van der Waals surface area contributed by atoms with Crippen LogP contribution < -0.4 is 5.32 Å². The predicted octanol–water partition coefficient (Wildman–Crippen LogP) is 0.727. The minimum atomic E-state index is 0.344. The van der Waals surface area contributed by atoms with E-state index in [4.69, 9.17) is 4.74 Å². The van der Waals surface area contributed by atoms with Gasteiger partial charge in [-0.25, -0.2) is 0 Å². The molecule has 0 radical (unpaired) electrons.